The van der Waals surface area contributed by atoms with Crippen molar-refractivity contribution in [2.24, 2.45) is 0 Å². The number of aliphatic hydroxyl groups excluding tert-OH is 1. The first-order valence-electron chi connectivity index (χ1n) is 5.63. The number of carboxylic acids is 1. The van der Waals surface area contributed by atoms with Crippen LogP contribution in [0.1, 0.15) is 41.6 Å². The summed E-state index contributed by atoms with van der Waals surface area (Å²) >= 11 is 0. The van der Waals surface area contributed by atoms with E-state index in [-0.39, 0.29) is 12.0 Å². The highest BCUT2D eigenvalue weighted by molar-refractivity contribution is 5.89. The van der Waals surface area contributed by atoms with Crippen LogP contribution in [0.25, 0.3) is 0 Å². The normalized spacial score (nSPS) is 18.6. The Labute approximate surface area is 94.7 Å². The maximum absolute atomic E-state index is 11.2. The molecule has 2 rings (SSSR count). The van der Waals surface area contributed by atoms with Crippen LogP contribution in [0.15, 0.2) is 24.3 Å². The standard InChI is InChI=1S/C13H16O3/c14-9-13(7-3-4-8-13)11-6-2-1-5-10(11)12(15)16/h1-2,5-6,14H,3-4,7-9H2,(H,15,16). The Kier molecular flexibility index (Phi) is 2.97. The maximum atomic E-state index is 11.2. The first kappa shape index (κ1) is 11.1. The van der Waals surface area contributed by atoms with E-state index in [9.17, 15) is 9.90 Å². The first-order valence-corrected chi connectivity index (χ1v) is 5.63. The number of rotatable bonds is 3. The van der Waals surface area contributed by atoms with E-state index in [0.717, 1.165) is 31.2 Å². The minimum Gasteiger partial charge on any atom is -0.478 e. The fourth-order valence-electron chi connectivity index (χ4n) is 2.70. The third-order valence-electron chi connectivity index (χ3n) is 3.59. The summed E-state index contributed by atoms with van der Waals surface area (Å²) in [5.41, 5.74) is 0.801. The SMILES string of the molecule is O=C(O)c1ccccc1C1(CO)CCCC1. The molecule has 0 heterocycles. The van der Waals surface area contributed by atoms with E-state index in [4.69, 9.17) is 5.11 Å². The highest BCUT2D eigenvalue weighted by Gasteiger charge is 2.37. The summed E-state index contributed by atoms with van der Waals surface area (Å²) in [5.74, 6) is -0.907. The van der Waals surface area contributed by atoms with Crippen molar-refractivity contribution in [3.63, 3.8) is 0 Å². The minimum absolute atomic E-state index is 0.0390. The van der Waals surface area contributed by atoms with Gasteiger partial charge in [-0.3, -0.25) is 0 Å². The van der Waals surface area contributed by atoms with Crippen LogP contribution < -0.4 is 0 Å². The molecule has 1 aromatic carbocycles. The predicted molar refractivity (Wildman–Crippen MR) is 60.6 cm³/mol. The van der Waals surface area contributed by atoms with Crippen molar-refractivity contribution in [3.8, 4) is 0 Å². The van der Waals surface area contributed by atoms with E-state index < -0.39 is 5.97 Å². The molecule has 1 aromatic rings. The molecular weight excluding hydrogens is 204 g/mol. The summed E-state index contributed by atoms with van der Waals surface area (Å²) in [7, 11) is 0. The van der Waals surface area contributed by atoms with E-state index in [1.165, 1.54) is 0 Å². The summed E-state index contributed by atoms with van der Waals surface area (Å²) in [6.07, 6.45) is 3.89. The quantitative estimate of drug-likeness (QED) is 0.821. The van der Waals surface area contributed by atoms with E-state index in [1.54, 1.807) is 12.1 Å². The Hall–Kier alpha value is -1.35. The van der Waals surface area contributed by atoms with Crippen LogP contribution in [0.4, 0.5) is 0 Å². The molecule has 1 saturated carbocycles. The number of carboxylic acid groups (broad SMARTS) is 1. The summed E-state index contributed by atoms with van der Waals surface area (Å²) in [6.45, 7) is 0.0390. The lowest BCUT2D eigenvalue weighted by Crippen LogP contribution is -2.29. The van der Waals surface area contributed by atoms with E-state index >= 15 is 0 Å². The molecule has 86 valence electrons. The number of aliphatic hydroxyl groups is 1. The molecule has 0 atom stereocenters. The first-order chi connectivity index (χ1) is 7.69. The minimum atomic E-state index is -0.907. The average molecular weight is 220 g/mol. The van der Waals surface area contributed by atoms with Gasteiger partial charge in [0.2, 0.25) is 0 Å². The van der Waals surface area contributed by atoms with Gasteiger partial charge in [0, 0.05) is 5.41 Å². The number of aromatic carboxylic acids is 1. The Morgan fingerprint density at radius 2 is 1.88 bits per heavy atom. The Balaban J connectivity index is 2.49. The van der Waals surface area contributed by atoms with Crippen LogP contribution in [-0.4, -0.2) is 22.8 Å². The topological polar surface area (TPSA) is 57.5 Å². The molecule has 3 nitrogen and oxygen atoms in total. The molecule has 0 aliphatic heterocycles. The van der Waals surface area contributed by atoms with Gasteiger partial charge in [0.15, 0.2) is 0 Å². The lowest BCUT2D eigenvalue weighted by atomic mass is 9.77. The van der Waals surface area contributed by atoms with Crippen molar-refractivity contribution in [2.75, 3.05) is 6.61 Å². The highest BCUT2D eigenvalue weighted by atomic mass is 16.4. The molecule has 2 N–H and O–H groups in total. The van der Waals surface area contributed by atoms with Crippen LogP contribution in [0.2, 0.25) is 0 Å². The lowest BCUT2D eigenvalue weighted by Gasteiger charge is -2.28. The second-order valence-electron chi connectivity index (χ2n) is 4.50. The molecule has 0 amide bonds. The molecule has 3 heteroatoms. The van der Waals surface area contributed by atoms with Crippen molar-refractivity contribution in [3.05, 3.63) is 35.4 Å². The Morgan fingerprint density at radius 1 is 1.25 bits per heavy atom. The largest absolute Gasteiger partial charge is 0.478 e. The van der Waals surface area contributed by atoms with E-state index in [0.29, 0.717) is 5.56 Å². The fraction of sp³-hybridized carbons (Fsp3) is 0.462. The predicted octanol–water partition coefficient (Wildman–Crippen LogP) is 2.19. The van der Waals surface area contributed by atoms with Gasteiger partial charge in [0.1, 0.15) is 0 Å². The van der Waals surface area contributed by atoms with Gasteiger partial charge in [0.25, 0.3) is 0 Å². The third kappa shape index (κ3) is 1.71. The number of carbonyl (C=O) groups is 1. The zero-order valence-electron chi connectivity index (χ0n) is 9.15. The van der Waals surface area contributed by atoms with Gasteiger partial charge in [-0.05, 0) is 24.5 Å². The van der Waals surface area contributed by atoms with Crippen LogP contribution in [0, 0.1) is 0 Å². The van der Waals surface area contributed by atoms with Gasteiger partial charge in [-0.15, -0.1) is 0 Å². The van der Waals surface area contributed by atoms with Crippen molar-refractivity contribution >= 4 is 5.97 Å². The smallest absolute Gasteiger partial charge is 0.335 e. The van der Waals surface area contributed by atoms with Gasteiger partial charge in [0.05, 0.1) is 12.2 Å². The van der Waals surface area contributed by atoms with E-state index in [2.05, 4.69) is 0 Å². The maximum Gasteiger partial charge on any atom is 0.335 e. The summed E-state index contributed by atoms with van der Waals surface area (Å²) in [6, 6.07) is 7.03. The molecule has 0 spiro atoms. The van der Waals surface area contributed by atoms with Crippen LogP contribution in [-0.2, 0) is 5.41 Å². The molecule has 0 radical (unpaired) electrons. The number of hydrogen-bond donors (Lipinski definition) is 2. The molecule has 1 aliphatic rings. The monoisotopic (exact) mass is 220 g/mol. The zero-order valence-corrected chi connectivity index (χ0v) is 9.15. The molecule has 0 unspecified atom stereocenters. The van der Waals surface area contributed by atoms with Gasteiger partial charge >= 0.3 is 5.97 Å². The lowest BCUT2D eigenvalue weighted by molar-refractivity contribution is 0.0692. The van der Waals surface area contributed by atoms with Crippen LogP contribution in [0.3, 0.4) is 0 Å². The Bertz CT molecular complexity index is 392. The summed E-state index contributed by atoms with van der Waals surface area (Å²) < 4.78 is 0. The van der Waals surface area contributed by atoms with Gasteiger partial charge in [-0.1, -0.05) is 31.0 Å². The Morgan fingerprint density at radius 3 is 2.44 bits per heavy atom. The molecule has 1 fully saturated rings. The van der Waals surface area contributed by atoms with Crippen LogP contribution >= 0.6 is 0 Å². The molecule has 0 aromatic heterocycles. The molecule has 1 aliphatic carbocycles. The molecular formula is C13H16O3. The van der Waals surface area contributed by atoms with E-state index in [1.807, 2.05) is 12.1 Å². The second-order valence-corrected chi connectivity index (χ2v) is 4.50. The third-order valence-corrected chi connectivity index (χ3v) is 3.59. The van der Waals surface area contributed by atoms with Crippen LogP contribution in [0.5, 0.6) is 0 Å². The zero-order chi connectivity index (χ0) is 11.6. The second kappa shape index (κ2) is 4.26. The van der Waals surface area contributed by atoms with Crippen molar-refractivity contribution in [1.82, 2.24) is 0 Å². The number of hydrogen-bond acceptors (Lipinski definition) is 2. The summed E-state index contributed by atoms with van der Waals surface area (Å²) in [4.78, 5) is 11.2. The van der Waals surface area contributed by atoms with Crippen molar-refractivity contribution in [2.45, 2.75) is 31.1 Å². The van der Waals surface area contributed by atoms with Crippen molar-refractivity contribution in [1.29, 1.82) is 0 Å². The highest BCUT2D eigenvalue weighted by Crippen LogP contribution is 2.41. The fourth-order valence-corrected chi connectivity index (χ4v) is 2.70. The van der Waals surface area contributed by atoms with Gasteiger partial charge in [-0.25, -0.2) is 4.79 Å². The van der Waals surface area contributed by atoms with Gasteiger partial charge in [-0.2, -0.15) is 0 Å². The van der Waals surface area contributed by atoms with Gasteiger partial charge < -0.3 is 10.2 Å². The molecule has 0 bridgehead atoms. The molecule has 16 heavy (non-hydrogen) atoms. The number of benzene rings is 1. The van der Waals surface area contributed by atoms with Crippen molar-refractivity contribution < 1.29 is 15.0 Å². The molecule has 0 saturated heterocycles. The average Bonchev–Trinajstić information content (AvgIpc) is 2.78. The summed E-state index contributed by atoms with van der Waals surface area (Å²) in [5, 5.41) is 18.7.